The molecule has 0 radical (unpaired) electrons. The molecule has 1 aromatic heterocycles. The first-order valence-corrected chi connectivity index (χ1v) is 7.01. The molecule has 1 heterocycles. The van der Waals surface area contributed by atoms with E-state index in [4.69, 9.17) is 0 Å². The molecule has 0 atom stereocenters. The van der Waals surface area contributed by atoms with Gasteiger partial charge in [-0.2, -0.15) is 5.10 Å². The van der Waals surface area contributed by atoms with Crippen LogP contribution in [0.4, 0.5) is 0 Å². The zero-order valence-electron chi connectivity index (χ0n) is 11.6. The molecule has 100 valence electrons. The molecule has 0 aromatic carbocycles. The number of hydrogen-bond donors (Lipinski definition) is 0. The number of aromatic nitrogens is 3. The monoisotopic (exact) mass is 249 g/mol. The summed E-state index contributed by atoms with van der Waals surface area (Å²) in [6.07, 6.45) is 7.44. The summed E-state index contributed by atoms with van der Waals surface area (Å²) in [4.78, 5) is 16.8. The number of nitrogens with zero attached hydrogens (tertiary/aromatic N) is 3. The summed E-state index contributed by atoms with van der Waals surface area (Å²) in [6.45, 7) is 6.26. The highest BCUT2D eigenvalue weighted by Gasteiger charge is 2.39. The van der Waals surface area contributed by atoms with Crippen molar-refractivity contribution >= 4 is 5.78 Å². The molecule has 0 spiro atoms. The summed E-state index contributed by atoms with van der Waals surface area (Å²) in [5, 5.41) is 4.20. The maximum absolute atomic E-state index is 12.6. The Bertz CT molecular complexity index is 416. The standard InChI is InChI=1S/C14H23N3O/c1-4-14(7-5-6-8-14)12(18)9-13-15-10-16-17(13)11(2)3/h10-11H,4-9H2,1-3H3. The second kappa shape index (κ2) is 5.21. The van der Waals surface area contributed by atoms with Crippen molar-refractivity contribution in [1.29, 1.82) is 0 Å². The molecule has 2 rings (SSSR count). The molecular formula is C14H23N3O. The van der Waals surface area contributed by atoms with Crippen LogP contribution in [0.1, 0.15) is 64.7 Å². The number of carbonyl (C=O) groups is 1. The summed E-state index contributed by atoms with van der Waals surface area (Å²) >= 11 is 0. The molecule has 0 amide bonds. The summed E-state index contributed by atoms with van der Waals surface area (Å²) in [6, 6.07) is 0.261. The average Bonchev–Trinajstić information content (AvgIpc) is 2.97. The Hall–Kier alpha value is -1.19. The van der Waals surface area contributed by atoms with Crippen molar-refractivity contribution in [1.82, 2.24) is 14.8 Å². The first-order chi connectivity index (χ1) is 8.59. The van der Waals surface area contributed by atoms with Gasteiger partial charge in [0, 0.05) is 11.5 Å². The van der Waals surface area contributed by atoms with E-state index in [1.807, 2.05) is 4.68 Å². The van der Waals surface area contributed by atoms with Gasteiger partial charge in [0.2, 0.25) is 0 Å². The van der Waals surface area contributed by atoms with Gasteiger partial charge in [-0.25, -0.2) is 9.67 Å². The van der Waals surface area contributed by atoms with Crippen LogP contribution in [0.25, 0.3) is 0 Å². The minimum Gasteiger partial charge on any atom is -0.299 e. The Morgan fingerprint density at radius 1 is 1.44 bits per heavy atom. The molecule has 0 aliphatic heterocycles. The zero-order valence-corrected chi connectivity index (χ0v) is 11.6. The largest absolute Gasteiger partial charge is 0.299 e. The second-order valence-electron chi connectivity index (χ2n) is 5.66. The lowest BCUT2D eigenvalue weighted by molar-refractivity contribution is -0.128. The normalized spacial score (nSPS) is 18.4. The molecular weight excluding hydrogens is 226 g/mol. The number of rotatable bonds is 5. The summed E-state index contributed by atoms with van der Waals surface area (Å²) in [5.74, 6) is 1.17. The zero-order chi connectivity index (χ0) is 13.2. The Morgan fingerprint density at radius 3 is 2.67 bits per heavy atom. The van der Waals surface area contributed by atoms with E-state index in [0.717, 1.165) is 25.1 Å². The number of carbonyl (C=O) groups excluding carboxylic acids is 1. The Labute approximate surface area is 109 Å². The van der Waals surface area contributed by atoms with Crippen molar-refractivity contribution in [2.24, 2.45) is 5.41 Å². The van der Waals surface area contributed by atoms with Crippen LogP contribution in [0.2, 0.25) is 0 Å². The van der Waals surface area contributed by atoms with Crippen molar-refractivity contribution in [3.05, 3.63) is 12.2 Å². The summed E-state index contributed by atoms with van der Waals surface area (Å²) in [7, 11) is 0. The van der Waals surface area contributed by atoms with Crippen LogP contribution in [0.3, 0.4) is 0 Å². The van der Waals surface area contributed by atoms with Gasteiger partial charge >= 0.3 is 0 Å². The number of hydrogen-bond acceptors (Lipinski definition) is 3. The quantitative estimate of drug-likeness (QED) is 0.806. The van der Waals surface area contributed by atoms with E-state index in [9.17, 15) is 4.79 Å². The van der Waals surface area contributed by atoms with Crippen LogP contribution >= 0.6 is 0 Å². The molecule has 1 aliphatic carbocycles. The van der Waals surface area contributed by atoms with Crippen LogP contribution in [0.15, 0.2) is 6.33 Å². The number of ketones is 1. The highest BCUT2D eigenvalue weighted by molar-refractivity contribution is 5.86. The third kappa shape index (κ3) is 2.33. The van der Waals surface area contributed by atoms with Crippen molar-refractivity contribution in [3.63, 3.8) is 0 Å². The fourth-order valence-corrected chi connectivity index (χ4v) is 3.04. The molecule has 4 nitrogen and oxygen atoms in total. The van der Waals surface area contributed by atoms with Gasteiger partial charge in [-0.3, -0.25) is 4.79 Å². The molecule has 1 aromatic rings. The van der Waals surface area contributed by atoms with Crippen molar-refractivity contribution in [2.75, 3.05) is 0 Å². The fourth-order valence-electron chi connectivity index (χ4n) is 3.04. The van der Waals surface area contributed by atoms with Gasteiger partial charge in [-0.15, -0.1) is 0 Å². The van der Waals surface area contributed by atoms with Crippen molar-refractivity contribution in [3.8, 4) is 0 Å². The molecule has 0 N–H and O–H groups in total. The fraction of sp³-hybridized carbons (Fsp3) is 0.786. The summed E-state index contributed by atoms with van der Waals surface area (Å²) in [5.41, 5.74) is -0.0756. The highest BCUT2D eigenvalue weighted by Crippen LogP contribution is 2.42. The van der Waals surface area contributed by atoms with Crippen LogP contribution in [0.5, 0.6) is 0 Å². The van der Waals surface area contributed by atoms with Crippen LogP contribution in [-0.2, 0) is 11.2 Å². The highest BCUT2D eigenvalue weighted by atomic mass is 16.1. The Morgan fingerprint density at radius 2 is 2.11 bits per heavy atom. The number of Topliss-reactive ketones (excluding diaryl/α,β-unsaturated/α-hetero) is 1. The predicted octanol–water partition coefficient (Wildman–Crippen LogP) is 2.94. The molecule has 0 saturated heterocycles. The van der Waals surface area contributed by atoms with E-state index in [2.05, 4.69) is 30.9 Å². The third-order valence-electron chi connectivity index (χ3n) is 4.28. The molecule has 1 aliphatic rings. The lowest BCUT2D eigenvalue weighted by Gasteiger charge is -2.25. The van der Waals surface area contributed by atoms with E-state index < -0.39 is 0 Å². The van der Waals surface area contributed by atoms with E-state index in [1.165, 1.54) is 12.8 Å². The molecule has 0 unspecified atom stereocenters. The molecule has 0 bridgehead atoms. The second-order valence-corrected chi connectivity index (χ2v) is 5.66. The van der Waals surface area contributed by atoms with Crippen LogP contribution in [-0.4, -0.2) is 20.5 Å². The van der Waals surface area contributed by atoms with E-state index in [1.54, 1.807) is 6.33 Å². The molecule has 1 saturated carbocycles. The lowest BCUT2D eigenvalue weighted by Crippen LogP contribution is -2.30. The molecule has 4 heteroatoms. The van der Waals surface area contributed by atoms with Gasteiger partial charge in [0.25, 0.3) is 0 Å². The maximum Gasteiger partial charge on any atom is 0.146 e. The van der Waals surface area contributed by atoms with Gasteiger partial charge in [0.15, 0.2) is 0 Å². The molecule has 1 fully saturated rings. The first-order valence-electron chi connectivity index (χ1n) is 7.01. The van der Waals surface area contributed by atoms with Crippen LogP contribution < -0.4 is 0 Å². The predicted molar refractivity (Wildman–Crippen MR) is 70.3 cm³/mol. The minimum absolute atomic E-state index is 0.0756. The maximum atomic E-state index is 12.6. The van der Waals surface area contributed by atoms with Crippen LogP contribution in [0, 0.1) is 5.41 Å². The average molecular weight is 249 g/mol. The Balaban J connectivity index is 2.13. The van der Waals surface area contributed by atoms with E-state index in [0.29, 0.717) is 12.2 Å². The van der Waals surface area contributed by atoms with Gasteiger partial charge < -0.3 is 0 Å². The molecule has 18 heavy (non-hydrogen) atoms. The van der Waals surface area contributed by atoms with Gasteiger partial charge in [-0.05, 0) is 33.1 Å². The van der Waals surface area contributed by atoms with Gasteiger partial charge in [0.05, 0.1) is 6.42 Å². The van der Waals surface area contributed by atoms with Gasteiger partial charge in [0.1, 0.15) is 17.9 Å². The van der Waals surface area contributed by atoms with Gasteiger partial charge in [-0.1, -0.05) is 19.8 Å². The van der Waals surface area contributed by atoms with E-state index in [-0.39, 0.29) is 11.5 Å². The Kier molecular flexibility index (Phi) is 3.83. The van der Waals surface area contributed by atoms with Crippen molar-refractivity contribution < 1.29 is 4.79 Å². The minimum atomic E-state index is -0.0756. The topological polar surface area (TPSA) is 47.8 Å². The smallest absolute Gasteiger partial charge is 0.146 e. The lowest BCUT2D eigenvalue weighted by atomic mass is 9.78. The van der Waals surface area contributed by atoms with E-state index >= 15 is 0 Å². The third-order valence-corrected chi connectivity index (χ3v) is 4.28. The SMILES string of the molecule is CCC1(C(=O)Cc2ncnn2C(C)C)CCCC1. The van der Waals surface area contributed by atoms with Crippen molar-refractivity contribution in [2.45, 2.75) is 65.3 Å². The summed E-state index contributed by atoms with van der Waals surface area (Å²) < 4.78 is 1.86. The first kappa shape index (κ1) is 13.2.